The van der Waals surface area contributed by atoms with Crippen molar-refractivity contribution in [2.24, 2.45) is 0 Å². The van der Waals surface area contributed by atoms with Crippen molar-refractivity contribution in [3.05, 3.63) is 23.7 Å². The maximum atomic E-state index is 11.7. The first-order chi connectivity index (χ1) is 8.60. The van der Waals surface area contributed by atoms with Crippen LogP contribution < -0.4 is 0 Å². The zero-order valence-electron chi connectivity index (χ0n) is 11.2. The molecule has 1 heterocycles. The summed E-state index contributed by atoms with van der Waals surface area (Å²) in [4.78, 5) is 13.7. The third-order valence-corrected chi connectivity index (χ3v) is 2.70. The van der Waals surface area contributed by atoms with E-state index in [0.717, 1.165) is 0 Å². The highest BCUT2D eigenvalue weighted by Gasteiger charge is 2.19. The first kappa shape index (κ1) is 14.7. The molecule has 1 N–H and O–H groups in total. The van der Waals surface area contributed by atoms with Crippen molar-refractivity contribution in [1.82, 2.24) is 4.90 Å². The van der Waals surface area contributed by atoms with Crippen molar-refractivity contribution in [1.29, 1.82) is 0 Å². The molecular weight excluding hydrogens is 234 g/mol. The summed E-state index contributed by atoms with van der Waals surface area (Å²) in [6.07, 6.45) is 1.49. The molecule has 0 spiro atoms. The number of aliphatic hydroxyl groups excluding tert-OH is 1. The van der Waals surface area contributed by atoms with Crippen LogP contribution in [0, 0.1) is 0 Å². The number of carbonyl (C=O) groups is 1. The van der Waals surface area contributed by atoms with E-state index >= 15 is 0 Å². The Labute approximate surface area is 107 Å². The van der Waals surface area contributed by atoms with Crippen LogP contribution in [-0.4, -0.2) is 41.8 Å². The van der Waals surface area contributed by atoms with Gasteiger partial charge >= 0.3 is 5.97 Å². The van der Waals surface area contributed by atoms with Crippen LogP contribution in [0.25, 0.3) is 0 Å². The zero-order valence-corrected chi connectivity index (χ0v) is 11.2. The maximum Gasteiger partial charge on any atom is 0.341 e. The molecule has 1 rings (SSSR count). The highest BCUT2D eigenvalue weighted by atomic mass is 16.5. The fraction of sp³-hybridized carbons (Fsp3) is 0.615. The Kier molecular flexibility index (Phi) is 5.88. The molecule has 0 amide bonds. The molecule has 5 heteroatoms. The van der Waals surface area contributed by atoms with E-state index in [4.69, 9.17) is 14.3 Å². The number of nitrogens with zero attached hydrogens (tertiary/aromatic N) is 1. The Morgan fingerprint density at radius 2 is 2.28 bits per heavy atom. The van der Waals surface area contributed by atoms with Crippen molar-refractivity contribution in [2.75, 3.05) is 19.8 Å². The van der Waals surface area contributed by atoms with Crippen LogP contribution >= 0.6 is 0 Å². The topological polar surface area (TPSA) is 62.9 Å². The molecular formula is C13H21NO4. The van der Waals surface area contributed by atoms with E-state index in [1.807, 2.05) is 18.7 Å². The normalized spacial score (nSPS) is 11.2. The van der Waals surface area contributed by atoms with Crippen molar-refractivity contribution >= 4 is 5.97 Å². The molecule has 0 aromatic carbocycles. The molecule has 0 aliphatic carbocycles. The van der Waals surface area contributed by atoms with Gasteiger partial charge in [0.15, 0.2) is 0 Å². The summed E-state index contributed by atoms with van der Waals surface area (Å²) in [6, 6.07) is 1.88. The van der Waals surface area contributed by atoms with E-state index < -0.39 is 0 Å². The molecule has 0 saturated carbocycles. The van der Waals surface area contributed by atoms with Gasteiger partial charge < -0.3 is 14.3 Å². The van der Waals surface area contributed by atoms with E-state index in [0.29, 0.717) is 31.0 Å². The molecule has 0 radical (unpaired) electrons. The minimum Gasteiger partial charge on any atom is -0.467 e. The molecule has 0 aliphatic rings. The van der Waals surface area contributed by atoms with Crippen LogP contribution in [-0.2, 0) is 11.3 Å². The van der Waals surface area contributed by atoms with Gasteiger partial charge in [0.05, 0.1) is 26.0 Å². The van der Waals surface area contributed by atoms with Crippen molar-refractivity contribution < 1.29 is 19.1 Å². The van der Waals surface area contributed by atoms with Gasteiger partial charge in [-0.2, -0.15) is 0 Å². The van der Waals surface area contributed by atoms with Gasteiger partial charge in [0.25, 0.3) is 0 Å². The summed E-state index contributed by atoms with van der Waals surface area (Å²) >= 11 is 0. The van der Waals surface area contributed by atoms with E-state index in [1.165, 1.54) is 6.26 Å². The van der Waals surface area contributed by atoms with Gasteiger partial charge in [-0.05, 0) is 26.8 Å². The largest absolute Gasteiger partial charge is 0.467 e. The highest BCUT2D eigenvalue weighted by Crippen LogP contribution is 2.16. The quantitative estimate of drug-likeness (QED) is 0.751. The fourth-order valence-corrected chi connectivity index (χ4v) is 1.69. The number of rotatable bonds is 7. The minimum absolute atomic E-state index is 0.0770. The van der Waals surface area contributed by atoms with Gasteiger partial charge in [-0.25, -0.2) is 4.79 Å². The molecule has 0 unspecified atom stereocenters. The van der Waals surface area contributed by atoms with Crippen LogP contribution in [0.5, 0.6) is 0 Å². The Morgan fingerprint density at radius 1 is 1.56 bits per heavy atom. The van der Waals surface area contributed by atoms with E-state index in [9.17, 15) is 4.79 Å². The van der Waals surface area contributed by atoms with Crippen molar-refractivity contribution in [2.45, 2.75) is 33.4 Å². The van der Waals surface area contributed by atoms with E-state index in [-0.39, 0.29) is 18.6 Å². The summed E-state index contributed by atoms with van der Waals surface area (Å²) in [5, 5.41) is 9.01. The van der Waals surface area contributed by atoms with E-state index in [1.54, 1.807) is 13.0 Å². The lowest BCUT2D eigenvalue weighted by Crippen LogP contribution is -2.33. The van der Waals surface area contributed by atoms with Crippen LogP contribution in [0.15, 0.2) is 16.7 Å². The zero-order chi connectivity index (χ0) is 13.5. The van der Waals surface area contributed by atoms with Gasteiger partial charge in [0.1, 0.15) is 11.3 Å². The predicted octanol–water partition coefficient (Wildman–Crippen LogP) is 1.66. The van der Waals surface area contributed by atoms with Crippen LogP contribution in [0.3, 0.4) is 0 Å². The lowest BCUT2D eigenvalue weighted by Gasteiger charge is -2.24. The second-order valence-electron chi connectivity index (χ2n) is 4.27. The van der Waals surface area contributed by atoms with Gasteiger partial charge in [-0.1, -0.05) is 0 Å². The first-order valence-electron chi connectivity index (χ1n) is 6.18. The summed E-state index contributed by atoms with van der Waals surface area (Å²) in [5.41, 5.74) is 0.459. The lowest BCUT2D eigenvalue weighted by atomic mass is 10.2. The third kappa shape index (κ3) is 3.85. The van der Waals surface area contributed by atoms with Gasteiger partial charge in [0.2, 0.25) is 0 Å². The lowest BCUT2D eigenvalue weighted by molar-refractivity contribution is 0.0520. The second kappa shape index (κ2) is 7.18. The van der Waals surface area contributed by atoms with Crippen molar-refractivity contribution in [3.63, 3.8) is 0 Å². The van der Waals surface area contributed by atoms with Crippen molar-refractivity contribution in [3.8, 4) is 0 Å². The summed E-state index contributed by atoms with van der Waals surface area (Å²) in [7, 11) is 0. The smallest absolute Gasteiger partial charge is 0.341 e. The van der Waals surface area contributed by atoms with Crippen LogP contribution in [0.2, 0.25) is 0 Å². The summed E-state index contributed by atoms with van der Waals surface area (Å²) < 4.78 is 10.3. The van der Waals surface area contributed by atoms with Crippen LogP contribution in [0.4, 0.5) is 0 Å². The SMILES string of the molecule is CCOC(=O)c1ccoc1CN(CCO)C(C)C. The molecule has 0 aliphatic heterocycles. The fourth-order valence-electron chi connectivity index (χ4n) is 1.69. The molecule has 1 aromatic heterocycles. The molecule has 102 valence electrons. The third-order valence-electron chi connectivity index (χ3n) is 2.70. The monoisotopic (exact) mass is 255 g/mol. The summed E-state index contributed by atoms with van der Waals surface area (Å²) in [6.45, 7) is 7.27. The average Bonchev–Trinajstić information content (AvgIpc) is 2.77. The standard InChI is InChI=1S/C13H21NO4/c1-4-17-13(16)11-5-8-18-12(11)9-14(6-7-15)10(2)3/h5,8,10,15H,4,6-7,9H2,1-3H3. The van der Waals surface area contributed by atoms with Gasteiger partial charge in [-0.3, -0.25) is 4.90 Å². The second-order valence-corrected chi connectivity index (χ2v) is 4.27. The Morgan fingerprint density at radius 3 is 2.83 bits per heavy atom. The Bertz CT molecular complexity index is 373. The molecule has 0 fully saturated rings. The summed E-state index contributed by atoms with van der Waals surface area (Å²) in [5.74, 6) is 0.213. The van der Waals surface area contributed by atoms with Gasteiger partial charge in [0, 0.05) is 12.6 Å². The van der Waals surface area contributed by atoms with E-state index in [2.05, 4.69) is 0 Å². The number of furan rings is 1. The van der Waals surface area contributed by atoms with Gasteiger partial charge in [-0.15, -0.1) is 0 Å². The molecule has 5 nitrogen and oxygen atoms in total. The number of hydrogen-bond donors (Lipinski definition) is 1. The average molecular weight is 255 g/mol. The number of carbonyl (C=O) groups excluding carboxylic acids is 1. The molecule has 0 bridgehead atoms. The van der Waals surface area contributed by atoms with Crippen LogP contribution in [0.1, 0.15) is 36.9 Å². The molecule has 18 heavy (non-hydrogen) atoms. The Balaban J connectivity index is 2.77. The predicted molar refractivity (Wildman–Crippen MR) is 67.3 cm³/mol. The molecule has 1 aromatic rings. The minimum atomic E-state index is -0.367. The first-order valence-corrected chi connectivity index (χ1v) is 6.18. The maximum absolute atomic E-state index is 11.7. The Hall–Kier alpha value is -1.33. The molecule has 0 saturated heterocycles. The number of esters is 1. The highest BCUT2D eigenvalue weighted by molar-refractivity contribution is 5.90. The number of hydrogen-bond acceptors (Lipinski definition) is 5. The molecule has 0 atom stereocenters. The number of aliphatic hydroxyl groups is 1. The number of ether oxygens (including phenoxy) is 1.